The van der Waals surface area contributed by atoms with Crippen LogP contribution in [0.15, 0.2) is 0 Å². The second-order valence-electron chi connectivity index (χ2n) is 6.55. The lowest BCUT2D eigenvalue weighted by molar-refractivity contribution is 0.120. The highest BCUT2D eigenvalue weighted by molar-refractivity contribution is 4.72. The van der Waals surface area contributed by atoms with E-state index in [2.05, 4.69) is 37.5 Å². The van der Waals surface area contributed by atoms with Gasteiger partial charge in [-0.3, -0.25) is 0 Å². The highest BCUT2D eigenvalue weighted by Gasteiger charge is 2.16. The lowest BCUT2D eigenvalue weighted by Crippen LogP contribution is -2.47. The maximum atomic E-state index is 2.66. The predicted octanol–water partition coefficient (Wildman–Crippen LogP) is 3.48. The minimum absolute atomic E-state index is 0.812. The van der Waals surface area contributed by atoms with E-state index in [9.17, 15) is 0 Å². The molecule has 0 bridgehead atoms. The van der Waals surface area contributed by atoms with Crippen LogP contribution >= 0.6 is 0 Å². The molecule has 18 heavy (non-hydrogen) atoms. The van der Waals surface area contributed by atoms with Gasteiger partial charge in [0.05, 0.1) is 0 Å². The molecule has 0 saturated carbocycles. The zero-order valence-electron chi connectivity index (χ0n) is 13.1. The summed E-state index contributed by atoms with van der Waals surface area (Å²) >= 11 is 0. The van der Waals surface area contributed by atoms with E-state index in [4.69, 9.17) is 0 Å². The number of hydrogen-bond acceptors (Lipinski definition) is 2. The summed E-state index contributed by atoms with van der Waals surface area (Å²) in [6.45, 7) is 17.1. The summed E-state index contributed by atoms with van der Waals surface area (Å²) in [4.78, 5) is 5.29. The molecule has 1 rings (SSSR count). The van der Waals surface area contributed by atoms with Crippen molar-refractivity contribution in [2.45, 2.75) is 53.4 Å². The van der Waals surface area contributed by atoms with Crippen molar-refractivity contribution in [3.8, 4) is 0 Å². The Balaban J connectivity index is 2.02. The van der Waals surface area contributed by atoms with Crippen molar-refractivity contribution in [1.82, 2.24) is 9.80 Å². The van der Waals surface area contributed by atoms with Gasteiger partial charge in [0, 0.05) is 32.7 Å². The Hall–Kier alpha value is -0.0800. The normalized spacial score (nSPS) is 20.5. The number of rotatable bonds is 8. The number of nitrogens with zero attached hydrogens (tertiary/aromatic N) is 2. The Kier molecular flexibility index (Phi) is 7.92. The smallest absolute Gasteiger partial charge is 0.0110 e. The van der Waals surface area contributed by atoms with Crippen LogP contribution in [0.3, 0.4) is 0 Å². The number of hydrogen-bond donors (Lipinski definition) is 0. The molecule has 0 aliphatic carbocycles. The molecule has 2 heteroatoms. The zero-order valence-corrected chi connectivity index (χ0v) is 13.1. The summed E-state index contributed by atoms with van der Waals surface area (Å²) in [6.07, 6.45) is 5.58. The number of unbranched alkanes of at least 4 members (excludes halogenated alkanes) is 1. The van der Waals surface area contributed by atoms with Gasteiger partial charge in [0.15, 0.2) is 0 Å². The Morgan fingerprint density at radius 2 is 1.50 bits per heavy atom. The quantitative estimate of drug-likeness (QED) is 0.612. The van der Waals surface area contributed by atoms with Crippen LogP contribution in [-0.2, 0) is 0 Å². The van der Waals surface area contributed by atoms with Crippen LogP contribution in [0.25, 0.3) is 0 Å². The summed E-state index contributed by atoms with van der Waals surface area (Å²) in [5.74, 6) is 1.74. The fourth-order valence-electron chi connectivity index (χ4n) is 2.74. The second-order valence-corrected chi connectivity index (χ2v) is 6.55. The average molecular weight is 254 g/mol. The zero-order chi connectivity index (χ0) is 13.4. The molecule has 1 unspecified atom stereocenters. The van der Waals surface area contributed by atoms with Crippen molar-refractivity contribution < 1.29 is 0 Å². The van der Waals surface area contributed by atoms with E-state index in [1.807, 2.05) is 0 Å². The first-order valence-electron chi connectivity index (χ1n) is 8.06. The molecule has 1 heterocycles. The molecule has 0 radical (unpaired) electrons. The van der Waals surface area contributed by atoms with Gasteiger partial charge in [-0.2, -0.15) is 0 Å². The van der Waals surface area contributed by atoms with Crippen LogP contribution < -0.4 is 0 Å². The van der Waals surface area contributed by atoms with Gasteiger partial charge in [0.2, 0.25) is 0 Å². The molecule has 1 aliphatic heterocycles. The van der Waals surface area contributed by atoms with E-state index < -0.39 is 0 Å². The molecule has 0 aromatic rings. The molecular weight excluding hydrogens is 220 g/mol. The van der Waals surface area contributed by atoms with E-state index in [0.29, 0.717) is 0 Å². The van der Waals surface area contributed by atoms with E-state index in [0.717, 1.165) is 11.8 Å². The lowest BCUT2D eigenvalue weighted by Gasteiger charge is -2.35. The van der Waals surface area contributed by atoms with Gasteiger partial charge in [-0.25, -0.2) is 0 Å². The van der Waals surface area contributed by atoms with Crippen LogP contribution in [0.4, 0.5) is 0 Å². The summed E-state index contributed by atoms with van der Waals surface area (Å²) in [6, 6.07) is 0. The molecule has 2 nitrogen and oxygen atoms in total. The standard InChI is InChI=1S/C16H34N2/c1-5-16(4)8-6-7-9-17-10-12-18(13-11-17)14-15(2)3/h15-16H,5-14H2,1-4H3. The third-order valence-electron chi connectivity index (χ3n) is 4.21. The molecule has 0 spiro atoms. The molecule has 0 aromatic carbocycles. The third-order valence-corrected chi connectivity index (χ3v) is 4.21. The van der Waals surface area contributed by atoms with Crippen molar-refractivity contribution in [2.24, 2.45) is 11.8 Å². The minimum atomic E-state index is 0.812. The topological polar surface area (TPSA) is 6.48 Å². The highest BCUT2D eigenvalue weighted by atomic mass is 15.3. The molecule has 108 valence electrons. The Morgan fingerprint density at radius 3 is 2.06 bits per heavy atom. The van der Waals surface area contributed by atoms with Crippen molar-refractivity contribution in [2.75, 3.05) is 39.3 Å². The van der Waals surface area contributed by atoms with Gasteiger partial charge < -0.3 is 9.80 Å². The van der Waals surface area contributed by atoms with Gasteiger partial charge in [0.1, 0.15) is 0 Å². The van der Waals surface area contributed by atoms with E-state index in [1.54, 1.807) is 0 Å². The fraction of sp³-hybridized carbons (Fsp3) is 1.00. The Labute approximate surface area is 115 Å². The predicted molar refractivity (Wildman–Crippen MR) is 81.0 cm³/mol. The Morgan fingerprint density at radius 1 is 0.889 bits per heavy atom. The van der Waals surface area contributed by atoms with Gasteiger partial charge >= 0.3 is 0 Å². The summed E-state index contributed by atoms with van der Waals surface area (Å²) in [7, 11) is 0. The molecule has 0 amide bonds. The SMILES string of the molecule is CCC(C)CCCCN1CCN(CC(C)C)CC1. The van der Waals surface area contributed by atoms with Crippen molar-refractivity contribution in [3.05, 3.63) is 0 Å². The van der Waals surface area contributed by atoms with Crippen LogP contribution in [-0.4, -0.2) is 49.1 Å². The minimum Gasteiger partial charge on any atom is -0.301 e. The van der Waals surface area contributed by atoms with Crippen molar-refractivity contribution in [3.63, 3.8) is 0 Å². The largest absolute Gasteiger partial charge is 0.301 e. The summed E-state index contributed by atoms with van der Waals surface area (Å²) < 4.78 is 0. The first-order valence-corrected chi connectivity index (χ1v) is 8.06. The van der Waals surface area contributed by atoms with Crippen LogP contribution in [0.5, 0.6) is 0 Å². The monoisotopic (exact) mass is 254 g/mol. The second kappa shape index (κ2) is 8.92. The average Bonchev–Trinajstić information content (AvgIpc) is 2.35. The van der Waals surface area contributed by atoms with Crippen molar-refractivity contribution in [1.29, 1.82) is 0 Å². The maximum absolute atomic E-state index is 2.66. The molecule has 1 saturated heterocycles. The highest BCUT2D eigenvalue weighted by Crippen LogP contribution is 2.12. The van der Waals surface area contributed by atoms with Crippen LogP contribution in [0.1, 0.15) is 53.4 Å². The summed E-state index contributed by atoms with van der Waals surface area (Å²) in [5, 5.41) is 0. The van der Waals surface area contributed by atoms with Gasteiger partial charge in [-0.15, -0.1) is 0 Å². The number of piperazine rings is 1. The van der Waals surface area contributed by atoms with Crippen LogP contribution in [0, 0.1) is 11.8 Å². The first kappa shape index (κ1) is 16.0. The van der Waals surface area contributed by atoms with Crippen LogP contribution in [0.2, 0.25) is 0 Å². The molecule has 1 fully saturated rings. The van der Waals surface area contributed by atoms with Gasteiger partial charge in [-0.05, 0) is 24.8 Å². The molecule has 1 atom stereocenters. The first-order chi connectivity index (χ1) is 8.61. The maximum Gasteiger partial charge on any atom is 0.0110 e. The molecule has 0 aromatic heterocycles. The van der Waals surface area contributed by atoms with Crippen molar-refractivity contribution >= 4 is 0 Å². The van der Waals surface area contributed by atoms with E-state index in [1.165, 1.54) is 65.0 Å². The fourth-order valence-corrected chi connectivity index (χ4v) is 2.74. The molecular formula is C16H34N2. The van der Waals surface area contributed by atoms with E-state index in [-0.39, 0.29) is 0 Å². The Bertz CT molecular complexity index is 195. The lowest BCUT2D eigenvalue weighted by atomic mass is 10.0. The van der Waals surface area contributed by atoms with Gasteiger partial charge in [0.25, 0.3) is 0 Å². The third kappa shape index (κ3) is 6.75. The van der Waals surface area contributed by atoms with Gasteiger partial charge in [-0.1, -0.05) is 47.0 Å². The molecule has 0 N–H and O–H groups in total. The summed E-state index contributed by atoms with van der Waals surface area (Å²) in [5.41, 5.74) is 0. The van der Waals surface area contributed by atoms with E-state index >= 15 is 0 Å². The molecule has 1 aliphatic rings.